The normalized spacial score (nSPS) is 10.3. The molecule has 0 unspecified atom stereocenters. The lowest BCUT2D eigenvalue weighted by Crippen LogP contribution is -2.43. The molecule has 3 rings (SSSR count). The zero-order chi connectivity index (χ0) is 20.1. The summed E-state index contributed by atoms with van der Waals surface area (Å²) in [5.74, 6) is -0.805. The zero-order valence-corrected chi connectivity index (χ0v) is 14.7. The number of tetrazole rings is 1. The van der Waals surface area contributed by atoms with Crippen LogP contribution in [-0.4, -0.2) is 36.9 Å². The number of nitrogens with one attached hydrogen (secondary N) is 2. The zero-order valence-electron chi connectivity index (χ0n) is 14.7. The third kappa shape index (κ3) is 4.52. The van der Waals surface area contributed by atoms with Gasteiger partial charge in [-0.25, -0.2) is 0 Å². The number of carbonyl (C=O) groups is 2. The highest BCUT2D eigenvalue weighted by Gasteiger charge is 2.12. The number of non-ortho nitro benzene ring substituents is 1. The maximum Gasteiger partial charge on any atom is 0.269 e. The molecule has 1 aromatic heterocycles. The van der Waals surface area contributed by atoms with E-state index in [4.69, 9.17) is 0 Å². The molecule has 11 heteroatoms. The van der Waals surface area contributed by atoms with Crippen molar-refractivity contribution < 1.29 is 14.5 Å². The first-order valence-electron chi connectivity index (χ1n) is 8.11. The number of aromatic nitrogens is 4. The van der Waals surface area contributed by atoms with Crippen LogP contribution in [0.15, 0.2) is 48.5 Å². The van der Waals surface area contributed by atoms with Gasteiger partial charge in [-0.15, -0.1) is 10.2 Å². The molecule has 142 valence electrons. The Bertz CT molecular complexity index is 1010. The SMILES string of the molecule is Cc1ccc(-c2nnn(CC(=O)NNC(=O)c3ccc([N+](=O)[O-])cc3)n2)cc1. The number of nitrogens with zero attached hydrogens (tertiary/aromatic N) is 5. The summed E-state index contributed by atoms with van der Waals surface area (Å²) < 4.78 is 0. The number of nitro groups is 1. The average Bonchev–Trinajstić information content (AvgIpc) is 3.15. The molecule has 11 nitrogen and oxygen atoms in total. The van der Waals surface area contributed by atoms with E-state index in [1.54, 1.807) is 0 Å². The quantitative estimate of drug-likeness (QED) is 0.495. The van der Waals surface area contributed by atoms with Gasteiger partial charge in [0.05, 0.1) is 4.92 Å². The van der Waals surface area contributed by atoms with Crippen LogP contribution >= 0.6 is 0 Å². The average molecular weight is 381 g/mol. The van der Waals surface area contributed by atoms with Gasteiger partial charge < -0.3 is 0 Å². The van der Waals surface area contributed by atoms with E-state index in [2.05, 4.69) is 26.3 Å². The molecule has 0 bridgehead atoms. The standard InChI is InChI=1S/C17H15N7O4/c1-11-2-4-12(5-3-11)16-19-22-23(21-16)10-15(25)18-20-17(26)13-6-8-14(9-7-13)24(27)28/h2-9H,10H2,1H3,(H,18,25)(H,20,26). The van der Waals surface area contributed by atoms with Gasteiger partial charge >= 0.3 is 0 Å². The molecule has 2 aromatic carbocycles. The maximum atomic E-state index is 12.0. The summed E-state index contributed by atoms with van der Waals surface area (Å²) in [7, 11) is 0. The van der Waals surface area contributed by atoms with Crippen LogP contribution in [-0.2, 0) is 11.3 Å². The minimum Gasteiger partial charge on any atom is -0.271 e. The van der Waals surface area contributed by atoms with E-state index >= 15 is 0 Å². The van der Waals surface area contributed by atoms with E-state index in [1.807, 2.05) is 31.2 Å². The van der Waals surface area contributed by atoms with Crippen LogP contribution < -0.4 is 10.9 Å². The van der Waals surface area contributed by atoms with Crippen molar-refractivity contribution in [3.63, 3.8) is 0 Å². The molecule has 0 aliphatic carbocycles. The summed E-state index contributed by atoms with van der Waals surface area (Å²) in [4.78, 5) is 35.0. The molecule has 0 fully saturated rings. The van der Waals surface area contributed by atoms with Gasteiger partial charge in [0.15, 0.2) is 0 Å². The van der Waals surface area contributed by atoms with Crippen molar-refractivity contribution in [1.29, 1.82) is 0 Å². The van der Waals surface area contributed by atoms with Crippen LogP contribution in [0.2, 0.25) is 0 Å². The van der Waals surface area contributed by atoms with E-state index in [9.17, 15) is 19.7 Å². The number of aryl methyl sites for hydroxylation is 1. The Morgan fingerprint density at radius 3 is 2.39 bits per heavy atom. The van der Waals surface area contributed by atoms with Crippen LogP contribution in [0.5, 0.6) is 0 Å². The Hall–Kier alpha value is -4.15. The lowest BCUT2D eigenvalue weighted by Gasteiger charge is -2.06. The topological polar surface area (TPSA) is 145 Å². The number of carbonyl (C=O) groups excluding carboxylic acids is 2. The van der Waals surface area contributed by atoms with Crippen molar-refractivity contribution in [3.05, 3.63) is 69.8 Å². The highest BCUT2D eigenvalue weighted by Crippen LogP contribution is 2.14. The van der Waals surface area contributed by atoms with Gasteiger partial charge in [0.25, 0.3) is 17.5 Å². The van der Waals surface area contributed by atoms with Gasteiger partial charge in [-0.05, 0) is 24.3 Å². The minimum atomic E-state index is -0.616. The van der Waals surface area contributed by atoms with Crippen molar-refractivity contribution in [3.8, 4) is 11.4 Å². The second kappa shape index (κ2) is 8.03. The van der Waals surface area contributed by atoms with Gasteiger partial charge in [-0.1, -0.05) is 29.8 Å². The van der Waals surface area contributed by atoms with Crippen molar-refractivity contribution in [1.82, 2.24) is 31.1 Å². The first-order valence-corrected chi connectivity index (χ1v) is 8.11. The summed E-state index contributed by atoms with van der Waals surface area (Å²) in [6.45, 7) is 1.71. The van der Waals surface area contributed by atoms with Crippen LogP contribution in [0.1, 0.15) is 15.9 Å². The first kappa shape index (κ1) is 18.6. The number of hydrogen-bond acceptors (Lipinski definition) is 7. The summed E-state index contributed by atoms with van der Waals surface area (Å²) in [6.07, 6.45) is 0. The van der Waals surface area contributed by atoms with E-state index in [-0.39, 0.29) is 17.8 Å². The molecule has 0 spiro atoms. The largest absolute Gasteiger partial charge is 0.271 e. The summed E-state index contributed by atoms with van der Waals surface area (Å²) >= 11 is 0. The highest BCUT2D eigenvalue weighted by molar-refractivity contribution is 5.95. The molecule has 3 aromatic rings. The van der Waals surface area contributed by atoms with Gasteiger partial charge in [-0.2, -0.15) is 4.80 Å². The smallest absolute Gasteiger partial charge is 0.269 e. The van der Waals surface area contributed by atoms with E-state index in [1.165, 1.54) is 24.3 Å². The van der Waals surface area contributed by atoms with E-state index < -0.39 is 16.7 Å². The van der Waals surface area contributed by atoms with Crippen molar-refractivity contribution in [2.75, 3.05) is 0 Å². The second-order valence-corrected chi connectivity index (χ2v) is 5.82. The number of rotatable bonds is 5. The molecule has 0 atom stereocenters. The molecular weight excluding hydrogens is 366 g/mol. The van der Waals surface area contributed by atoms with Gasteiger partial charge in [0.1, 0.15) is 6.54 Å². The number of hydrazine groups is 1. The third-order valence-corrected chi connectivity index (χ3v) is 3.70. The molecule has 0 radical (unpaired) electrons. The van der Waals surface area contributed by atoms with Gasteiger partial charge in [0, 0.05) is 23.3 Å². The fourth-order valence-electron chi connectivity index (χ4n) is 2.23. The Morgan fingerprint density at radius 2 is 1.75 bits per heavy atom. The van der Waals surface area contributed by atoms with Crippen molar-refractivity contribution in [2.45, 2.75) is 13.5 Å². The van der Waals surface area contributed by atoms with E-state index in [0.717, 1.165) is 15.9 Å². The molecule has 1 heterocycles. The van der Waals surface area contributed by atoms with Crippen LogP contribution in [0, 0.1) is 17.0 Å². The molecular formula is C17H15N7O4. The molecule has 0 aliphatic heterocycles. The van der Waals surface area contributed by atoms with E-state index in [0.29, 0.717) is 5.82 Å². The van der Waals surface area contributed by atoms with Crippen LogP contribution in [0.4, 0.5) is 5.69 Å². The Morgan fingerprint density at radius 1 is 1.07 bits per heavy atom. The van der Waals surface area contributed by atoms with Crippen molar-refractivity contribution in [2.24, 2.45) is 0 Å². The third-order valence-electron chi connectivity index (χ3n) is 3.70. The van der Waals surface area contributed by atoms with Crippen molar-refractivity contribution >= 4 is 17.5 Å². The summed E-state index contributed by atoms with van der Waals surface area (Å²) in [5, 5.41) is 22.4. The van der Waals surface area contributed by atoms with Crippen LogP contribution in [0.25, 0.3) is 11.4 Å². The lowest BCUT2D eigenvalue weighted by molar-refractivity contribution is -0.384. The fourth-order valence-corrected chi connectivity index (χ4v) is 2.23. The molecule has 2 amide bonds. The van der Waals surface area contributed by atoms with Gasteiger partial charge in [-0.3, -0.25) is 30.6 Å². The summed E-state index contributed by atoms with van der Waals surface area (Å²) in [6, 6.07) is 12.5. The predicted molar refractivity (Wildman–Crippen MR) is 96.7 cm³/mol. The monoisotopic (exact) mass is 381 g/mol. The Labute approximate surface area is 158 Å². The Balaban J connectivity index is 1.53. The lowest BCUT2D eigenvalue weighted by atomic mass is 10.1. The summed E-state index contributed by atoms with van der Waals surface area (Å²) in [5.41, 5.74) is 6.32. The predicted octanol–water partition coefficient (Wildman–Crippen LogP) is 1.02. The van der Waals surface area contributed by atoms with Gasteiger partial charge in [0.2, 0.25) is 5.82 Å². The maximum absolute atomic E-state index is 12.0. The number of benzene rings is 2. The number of nitro benzene ring substituents is 1. The fraction of sp³-hybridized carbons (Fsp3) is 0.118. The number of amides is 2. The molecule has 2 N–H and O–H groups in total. The highest BCUT2D eigenvalue weighted by atomic mass is 16.6. The molecule has 0 aliphatic rings. The minimum absolute atomic E-state index is 0.137. The molecule has 0 saturated heterocycles. The van der Waals surface area contributed by atoms with Crippen LogP contribution in [0.3, 0.4) is 0 Å². The first-order chi connectivity index (χ1) is 13.4. The second-order valence-electron chi connectivity index (χ2n) is 5.82. The molecule has 0 saturated carbocycles. The Kier molecular flexibility index (Phi) is 5.35. The molecule has 28 heavy (non-hydrogen) atoms. The number of hydrogen-bond donors (Lipinski definition) is 2.